The lowest BCUT2D eigenvalue weighted by molar-refractivity contribution is -0.143. The second kappa shape index (κ2) is 35.3. The maximum atomic E-state index is 14.1. The van der Waals surface area contributed by atoms with Gasteiger partial charge in [-0.15, -0.1) is 0 Å². The second-order valence-corrected chi connectivity index (χ2v) is 25.5. The molecule has 8 amide bonds. The number of ketones is 2. The van der Waals surface area contributed by atoms with E-state index < -0.39 is 95.7 Å². The molecule has 4 aliphatic rings. The first-order chi connectivity index (χ1) is 44.9. The number of hydrogen-bond acceptors (Lipinski definition) is 16. The average molecular weight is 1300 g/mol. The summed E-state index contributed by atoms with van der Waals surface area (Å²) in [6.07, 6.45) is 6.51. The number of aliphatic hydroxyl groups excluding tert-OH is 2. The number of allylic oxidation sites excluding steroid dienone is 2. The monoisotopic (exact) mass is 1300 g/mol. The molecule has 7 rings (SSSR count). The number of nitrogens with two attached hydrogens (primary N) is 1. The molecule has 0 radical (unpaired) electrons. The molecule has 0 saturated carbocycles. The van der Waals surface area contributed by atoms with Crippen LogP contribution in [0.1, 0.15) is 135 Å². The number of amides is 8. The van der Waals surface area contributed by atoms with Gasteiger partial charge in [-0.25, -0.2) is 14.4 Å². The van der Waals surface area contributed by atoms with Crippen molar-refractivity contribution in [2.75, 3.05) is 38.2 Å². The Morgan fingerprint density at radius 1 is 0.787 bits per heavy atom. The minimum absolute atomic E-state index is 0.0519. The van der Waals surface area contributed by atoms with E-state index in [1.165, 1.54) is 19.1 Å². The summed E-state index contributed by atoms with van der Waals surface area (Å²) in [6, 6.07) is 19.6. The summed E-state index contributed by atoms with van der Waals surface area (Å²) >= 11 is 0. The molecule has 0 bridgehead atoms. The SMILES string of the molecule is CC(=O)N[C@@H](CCCCNC(=O)OCC1c2ccccc2-c2ccccc21)C(=O)N[C@H](C(=O)C[C@H](CCCNC(N)=O)C(=O)Nc1ccc(COC(=O)NCC(=O)C[C@@H]2C[C@@]3(CO3)[C@H](O)[C@@H](/C=C/C(C)=C/C[C@@H]3O[C@H](C)[C@H](NC(=O)/C=C\[C@H](C)O)C[C@@H]3C)O2)cc1)C(C)C. The van der Waals surface area contributed by atoms with Crippen LogP contribution in [0.15, 0.2) is 109 Å². The van der Waals surface area contributed by atoms with Crippen molar-refractivity contribution >= 4 is 59.1 Å². The number of carbonyl (C=O) groups excluding carboxylic acids is 9. The third-order valence-electron chi connectivity index (χ3n) is 17.4. The van der Waals surface area contributed by atoms with Gasteiger partial charge in [0, 0.05) is 62.9 Å². The highest BCUT2D eigenvalue weighted by Gasteiger charge is 2.58. The number of Topliss-reactive ketones (excluding diaryl/α,β-unsaturated/α-hetero) is 2. The van der Waals surface area contributed by atoms with Crippen LogP contribution in [0.4, 0.5) is 20.1 Å². The average Bonchev–Trinajstić information content (AvgIpc) is 1.61. The van der Waals surface area contributed by atoms with E-state index in [9.17, 15) is 53.4 Å². The van der Waals surface area contributed by atoms with Gasteiger partial charge in [-0.05, 0) is 118 Å². The Kier molecular flexibility index (Phi) is 27.4. The molecule has 24 heteroatoms. The van der Waals surface area contributed by atoms with E-state index in [1.807, 2.05) is 62.4 Å². The van der Waals surface area contributed by atoms with Crippen molar-refractivity contribution in [3.8, 4) is 11.1 Å². The predicted octanol–water partition coefficient (Wildman–Crippen LogP) is 6.60. The topological polar surface area (TPSA) is 354 Å². The van der Waals surface area contributed by atoms with Crippen LogP contribution in [0.25, 0.3) is 11.1 Å². The number of ether oxygens (including phenoxy) is 5. The number of unbranched alkanes of at least 4 members (excludes halogenated alkanes) is 1. The molecule has 3 fully saturated rings. The van der Waals surface area contributed by atoms with E-state index >= 15 is 0 Å². The summed E-state index contributed by atoms with van der Waals surface area (Å²) in [7, 11) is 0. The standard InChI is InChI=1S/C70H94N8O16/c1-41(2)63(78-66(86)57(75-46(7)80)20-12-13-31-73-68(88)91-39-56-54-18-10-8-16-52(54)53-17-9-11-19-55(53)56)59(82)34-48(15-14-32-72-67(71)87)65(85)76-49-26-24-47(25-27-49)38-90-69(89)74-37-50(81)35-51-36-70(40-92-70)64(84)61(94-51)29-22-42(3)21-28-60-43(4)33-58(45(6)93-60)77-62(83)30-23-44(5)79/h8-11,16-19,21-27,29-30,41,43-45,48,51,56-58,60-61,63-64,79,84H,12-15,20,28,31-40H2,1-7H3,(H,73,88)(H,74,89)(H,75,80)(H,76,85)(H,77,83)(H,78,86)(H3,71,72,87)/b29-22+,30-23-,42-21+/t43-,44-,45+,48-,51+,57-,58+,60-,61+,63-,64+,70+/m0/s1. The molecule has 11 N–H and O–H groups in total. The van der Waals surface area contributed by atoms with Crippen molar-refractivity contribution in [2.45, 2.75) is 186 Å². The molecule has 3 heterocycles. The Labute approximate surface area is 549 Å². The number of epoxide rings is 1. The van der Waals surface area contributed by atoms with Gasteiger partial charge in [-0.1, -0.05) is 111 Å². The molecule has 510 valence electrons. The maximum Gasteiger partial charge on any atom is 0.407 e. The van der Waals surface area contributed by atoms with Crippen LogP contribution in [0.2, 0.25) is 0 Å². The van der Waals surface area contributed by atoms with E-state index in [0.29, 0.717) is 50.0 Å². The molecule has 94 heavy (non-hydrogen) atoms. The predicted molar refractivity (Wildman–Crippen MR) is 350 cm³/mol. The van der Waals surface area contributed by atoms with Gasteiger partial charge < -0.3 is 76.8 Å². The first-order valence-electron chi connectivity index (χ1n) is 32.6. The molecule has 1 aliphatic carbocycles. The molecule has 3 aromatic rings. The number of rotatable bonds is 33. The van der Waals surface area contributed by atoms with Gasteiger partial charge in [0.2, 0.25) is 23.6 Å². The first-order valence-corrected chi connectivity index (χ1v) is 32.6. The highest BCUT2D eigenvalue weighted by molar-refractivity contribution is 5.98. The number of primary amides is 1. The van der Waals surface area contributed by atoms with Crippen LogP contribution >= 0.6 is 0 Å². The third-order valence-corrected chi connectivity index (χ3v) is 17.4. The minimum atomic E-state index is -1.03. The Morgan fingerprint density at radius 2 is 1.46 bits per heavy atom. The summed E-state index contributed by atoms with van der Waals surface area (Å²) in [5.41, 5.74) is 10.7. The van der Waals surface area contributed by atoms with Crippen LogP contribution < -0.4 is 43.0 Å². The Bertz CT molecular complexity index is 3170. The largest absolute Gasteiger partial charge is 0.449 e. The lowest BCUT2D eigenvalue weighted by atomic mass is 9.87. The van der Waals surface area contributed by atoms with Gasteiger partial charge in [0.25, 0.3) is 0 Å². The fourth-order valence-corrected chi connectivity index (χ4v) is 12.2. The van der Waals surface area contributed by atoms with E-state index in [-0.39, 0.29) is 100 Å². The number of carbonyl (C=O) groups is 9. The molecule has 0 aromatic heterocycles. The Balaban J connectivity index is 0.827. The van der Waals surface area contributed by atoms with Crippen molar-refractivity contribution in [2.24, 2.45) is 23.5 Å². The number of aliphatic hydroxyl groups is 2. The molecule has 1 spiro atoms. The van der Waals surface area contributed by atoms with Crippen LogP contribution in [0.3, 0.4) is 0 Å². The van der Waals surface area contributed by atoms with Crippen LogP contribution in [-0.4, -0.2) is 157 Å². The fraction of sp³-hybridized carbons (Fsp3) is 0.529. The van der Waals surface area contributed by atoms with Crippen LogP contribution in [0.5, 0.6) is 0 Å². The highest BCUT2D eigenvalue weighted by atomic mass is 16.6. The Hall–Kier alpha value is -8.29. The zero-order valence-corrected chi connectivity index (χ0v) is 54.8. The second-order valence-electron chi connectivity index (χ2n) is 25.5. The van der Waals surface area contributed by atoms with Crippen LogP contribution in [-0.2, 0) is 59.1 Å². The van der Waals surface area contributed by atoms with E-state index in [2.05, 4.69) is 56.3 Å². The fourth-order valence-electron chi connectivity index (χ4n) is 12.2. The summed E-state index contributed by atoms with van der Waals surface area (Å²) < 4.78 is 29.2. The number of fused-ring (bicyclic) bond motifs is 3. The molecular formula is C70H94N8O16. The highest BCUT2D eigenvalue weighted by Crippen LogP contribution is 2.45. The first kappa shape index (κ1) is 73.1. The Morgan fingerprint density at radius 3 is 2.11 bits per heavy atom. The summed E-state index contributed by atoms with van der Waals surface area (Å²) in [5, 5.41) is 39.7. The number of nitrogens with one attached hydrogen (secondary N) is 7. The van der Waals surface area contributed by atoms with Gasteiger partial charge in [-0.2, -0.15) is 0 Å². The summed E-state index contributed by atoms with van der Waals surface area (Å²) in [4.78, 5) is 117. The zero-order valence-electron chi connectivity index (χ0n) is 54.8. The van der Waals surface area contributed by atoms with Gasteiger partial charge in [0.1, 0.15) is 37.1 Å². The normalized spacial score (nSPS) is 22.8. The quantitative estimate of drug-likeness (QED) is 0.0133. The molecule has 3 saturated heterocycles. The van der Waals surface area contributed by atoms with Crippen molar-refractivity contribution in [1.82, 2.24) is 31.9 Å². The van der Waals surface area contributed by atoms with Gasteiger partial charge >= 0.3 is 18.2 Å². The number of anilines is 1. The molecule has 24 nitrogen and oxygen atoms in total. The molecule has 0 unspecified atom stereocenters. The van der Waals surface area contributed by atoms with Crippen molar-refractivity contribution < 1.29 is 77.0 Å². The summed E-state index contributed by atoms with van der Waals surface area (Å²) in [5.74, 6) is -3.84. The maximum absolute atomic E-state index is 14.1. The van der Waals surface area contributed by atoms with E-state index in [1.54, 1.807) is 51.1 Å². The van der Waals surface area contributed by atoms with Gasteiger partial charge in [0.05, 0.1) is 49.7 Å². The molecule has 3 aliphatic heterocycles. The number of benzene rings is 3. The lowest BCUT2D eigenvalue weighted by Gasteiger charge is -2.39. The van der Waals surface area contributed by atoms with Crippen LogP contribution in [0, 0.1) is 17.8 Å². The van der Waals surface area contributed by atoms with Crippen molar-refractivity contribution in [3.05, 3.63) is 125 Å². The minimum Gasteiger partial charge on any atom is -0.449 e. The zero-order chi connectivity index (χ0) is 68.1. The third kappa shape index (κ3) is 22.2. The van der Waals surface area contributed by atoms with Crippen molar-refractivity contribution in [3.63, 3.8) is 0 Å². The number of hydrogen-bond donors (Lipinski definition) is 10. The van der Waals surface area contributed by atoms with E-state index in [0.717, 1.165) is 34.2 Å². The molecule has 12 atom stereocenters. The molecular weight excluding hydrogens is 1210 g/mol. The summed E-state index contributed by atoms with van der Waals surface area (Å²) in [6.45, 7) is 12.6. The smallest absolute Gasteiger partial charge is 0.407 e. The van der Waals surface area contributed by atoms with Crippen molar-refractivity contribution in [1.29, 1.82) is 0 Å². The number of alkyl carbamates (subject to hydrolysis) is 2. The van der Waals surface area contributed by atoms with Gasteiger partial charge in [-0.3, -0.25) is 28.8 Å². The molecule has 3 aromatic carbocycles. The number of urea groups is 1. The van der Waals surface area contributed by atoms with E-state index in [4.69, 9.17) is 29.4 Å². The van der Waals surface area contributed by atoms with Gasteiger partial charge in [0.15, 0.2) is 11.6 Å². The lowest BCUT2D eigenvalue weighted by Crippen LogP contribution is -2.53.